The molecule has 1 unspecified atom stereocenters. The van der Waals surface area contributed by atoms with E-state index in [0.29, 0.717) is 11.1 Å². The molecule has 1 atom stereocenters. The zero-order chi connectivity index (χ0) is 18.8. The van der Waals surface area contributed by atoms with E-state index in [2.05, 4.69) is 0 Å². The van der Waals surface area contributed by atoms with Gasteiger partial charge in [0.15, 0.2) is 17.3 Å². The molecular formula is C20H16O6. The second-order valence-corrected chi connectivity index (χ2v) is 6.91. The van der Waals surface area contributed by atoms with E-state index in [1.807, 2.05) is 0 Å². The number of benzene rings is 2. The first-order valence-corrected chi connectivity index (χ1v) is 8.27. The van der Waals surface area contributed by atoms with Gasteiger partial charge in [-0.2, -0.15) is 0 Å². The number of fused-ring (bicyclic) bond motifs is 3. The van der Waals surface area contributed by atoms with E-state index in [1.165, 1.54) is 31.2 Å². The van der Waals surface area contributed by atoms with E-state index in [0.717, 1.165) is 0 Å². The third-order valence-corrected chi connectivity index (χ3v) is 5.41. The largest absolute Gasteiger partial charge is 0.507 e. The molecule has 0 saturated heterocycles. The first-order valence-electron chi connectivity index (χ1n) is 8.27. The molecule has 0 saturated carbocycles. The van der Waals surface area contributed by atoms with Gasteiger partial charge in [-0.25, -0.2) is 0 Å². The lowest BCUT2D eigenvalue weighted by Gasteiger charge is -2.33. The smallest absolute Gasteiger partial charge is 0.198 e. The Bertz CT molecular complexity index is 1020. The summed E-state index contributed by atoms with van der Waals surface area (Å²) in [5.74, 6) is -2.06. The molecule has 0 heterocycles. The van der Waals surface area contributed by atoms with Crippen LogP contribution in [-0.2, 0) is 17.6 Å². The summed E-state index contributed by atoms with van der Waals surface area (Å²) in [5.41, 5.74) is -0.760. The number of aliphatic hydroxyl groups is 1. The molecule has 0 bridgehead atoms. The van der Waals surface area contributed by atoms with Crippen LogP contribution in [0.2, 0.25) is 0 Å². The van der Waals surface area contributed by atoms with Crippen LogP contribution >= 0.6 is 0 Å². The molecule has 0 spiro atoms. The number of aromatic hydroxyl groups is 2. The van der Waals surface area contributed by atoms with Gasteiger partial charge in [-0.15, -0.1) is 0 Å². The van der Waals surface area contributed by atoms with Crippen LogP contribution in [0.5, 0.6) is 11.5 Å². The molecule has 4 rings (SSSR count). The van der Waals surface area contributed by atoms with Crippen LogP contribution in [0.1, 0.15) is 56.3 Å². The number of Topliss-reactive ketones (excluding diaryl/α,β-unsaturated/α-hetero) is 1. The van der Waals surface area contributed by atoms with Gasteiger partial charge >= 0.3 is 0 Å². The molecular weight excluding hydrogens is 336 g/mol. The van der Waals surface area contributed by atoms with E-state index >= 15 is 0 Å². The van der Waals surface area contributed by atoms with E-state index in [4.69, 9.17) is 0 Å². The molecule has 3 N–H and O–H groups in total. The van der Waals surface area contributed by atoms with Crippen LogP contribution in [-0.4, -0.2) is 38.3 Å². The third kappa shape index (κ3) is 2.05. The minimum Gasteiger partial charge on any atom is -0.507 e. The van der Waals surface area contributed by atoms with Crippen molar-refractivity contribution in [1.82, 2.24) is 0 Å². The Morgan fingerprint density at radius 1 is 1.08 bits per heavy atom. The molecule has 0 radical (unpaired) electrons. The van der Waals surface area contributed by atoms with Crippen molar-refractivity contribution in [1.29, 1.82) is 0 Å². The van der Waals surface area contributed by atoms with Crippen molar-refractivity contribution >= 4 is 17.3 Å². The van der Waals surface area contributed by atoms with Crippen LogP contribution in [0.4, 0.5) is 0 Å². The summed E-state index contributed by atoms with van der Waals surface area (Å²) in [5, 5.41) is 31.2. The van der Waals surface area contributed by atoms with E-state index in [9.17, 15) is 29.7 Å². The number of phenolic OH excluding ortho intramolecular Hbond substituents is 2. The molecule has 0 aromatic heterocycles. The van der Waals surface area contributed by atoms with Gasteiger partial charge in [0.1, 0.15) is 17.1 Å². The molecule has 2 aromatic rings. The highest BCUT2D eigenvalue weighted by atomic mass is 16.3. The Morgan fingerprint density at radius 3 is 2.46 bits per heavy atom. The highest BCUT2D eigenvalue weighted by Crippen LogP contribution is 2.42. The number of hydrogen-bond acceptors (Lipinski definition) is 6. The van der Waals surface area contributed by atoms with Gasteiger partial charge in [0.2, 0.25) is 0 Å². The molecule has 0 aliphatic heterocycles. The summed E-state index contributed by atoms with van der Waals surface area (Å²) < 4.78 is 0. The average molecular weight is 352 g/mol. The molecule has 26 heavy (non-hydrogen) atoms. The Balaban J connectivity index is 1.95. The van der Waals surface area contributed by atoms with Crippen LogP contribution < -0.4 is 0 Å². The maximum atomic E-state index is 12.9. The van der Waals surface area contributed by atoms with Crippen molar-refractivity contribution in [2.45, 2.75) is 31.8 Å². The number of carbonyl (C=O) groups excluding carboxylic acids is 3. The molecule has 2 aliphatic carbocycles. The zero-order valence-electron chi connectivity index (χ0n) is 14.0. The van der Waals surface area contributed by atoms with Crippen LogP contribution in [0.3, 0.4) is 0 Å². The predicted molar refractivity (Wildman–Crippen MR) is 90.7 cm³/mol. The fourth-order valence-electron chi connectivity index (χ4n) is 3.88. The van der Waals surface area contributed by atoms with Crippen molar-refractivity contribution in [3.8, 4) is 11.5 Å². The molecule has 0 amide bonds. The summed E-state index contributed by atoms with van der Waals surface area (Å²) in [4.78, 5) is 37.4. The Hall–Kier alpha value is -2.99. The summed E-state index contributed by atoms with van der Waals surface area (Å²) in [6.45, 7) is 1.30. The van der Waals surface area contributed by atoms with Gasteiger partial charge in [0.05, 0.1) is 11.1 Å². The van der Waals surface area contributed by atoms with Crippen LogP contribution in [0.15, 0.2) is 24.3 Å². The summed E-state index contributed by atoms with van der Waals surface area (Å²) in [6, 6.07) is 5.67. The van der Waals surface area contributed by atoms with Crippen molar-refractivity contribution in [3.63, 3.8) is 0 Å². The molecule has 132 valence electrons. The lowest BCUT2D eigenvalue weighted by Crippen LogP contribution is -2.42. The van der Waals surface area contributed by atoms with Gasteiger partial charge in [0, 0.05) is 17.5 Å². The molecule has 2 aromatic carbocycles. The lowest BCUT2D eigenvalue weighted by atomic mass is 9.74. The first kappa shape index (κ1) is 16.5. The fourth-order valence-corrected chi connectivity index (χ4v) is 3.88. The van der Waals surface area contributed by atoms with Crippen molar-refractivity contribution < 1.29 is 29.7 Å². The topological polar surface area (TPSA) is 112 Å². The molecule has 6 heteroatoms. The first-order chi connectivity index (χ1) is 12.2. The molecule has 6 nitrogen and oxygen atoms in total. The van der Waals surface area contributed by atoms with Crippen LogP contribution in [0, 0.1) is 0 Å². The van der Waals surface area contributed by atoms with Gasteiger partial charge in [-0.05, 0) is 43.0 Å². The number of rotatable bonds is 1. The summed E-state index contributed by atoms with van der Waals surface area (Å²) in [7, 11) is 0. The van der Waals surface area contributed by atoms with Gasteiger partial charge in [-0.3, -0.25) is 14.4 Å². The Labute approximate surface area is 148 Å². The SMILES string of the molecule is CC(=O)C1(O)CCc2c(cc3c(c2O)C(=O)c2cccc(O)c2C3=O)C1. The van der Waals surface area contributed by atoms with Gasteiger partial charge < -0.3 is 15.3 Å². The maximum Gasteiger partial charge on any atom is 0.198 e. The van der Waals surface area contributed by atoms with E-state index < -0.39 is 17.2 Å². The number of phenols is 2. The van der Waals surface area contributed by atoms with Gasteiger partial charge in [0.25, 0.3) is 0 Å². The molecule has 0 fully saturated rings. The molecule has 2 aliphatic rings. The summed E-state index contributed by atoms with van der Waals surface area (Å²) in [6.07, 6.45) is 0.327. The number of ketones is 3. The van der Waals surface area contributed by atoms with E-state index in [-0.39, 0.29) is 58.8 Å². The number of carbonyl (C=O) groups is 3. The fraction of sp³-hybridized carbons (Fsp3) is 0.250. The average Bonchev–Trinajstić information content (AvgIpc) is 2.59. The minimum atomic E-state index is -1.55. The number of hydrogen-bond donors (Lipinski definition) is 3. The lowest BCUT2D eigenvalue weighted by molar-refractivity contribution is -0.136. The van der Waals surface area contributed by atoms with Crippen molar-refractivity contribution in [3.05, 3.63) is 57.6 Å². The summed E-state index contributed by atoms with van der Waals surface area (Å²) >= 11 is 0. The second-order valence-electron chi connectivity index (χ2n) is 6.91. The zero-order valence-corrected chi connectivity index (χ0v) is 14.0. The quantitative estimate of drug-likeness (QED) is 0.614. The van der Waals surface area contributed by atoms with Crippen LogP contribution in [0.25, 0.3) is 0 Å². The Kier molecular flexibility index (Phi) is 3.33. The highest BCUT2D eigenvalue weighted by molar-refractivity contribution is 6.30. The predicted octanol–water partition coefficient (Wildman–Crippen LogP) is 1.68. The maximum absolute atomic E-state index is 12.9. The standard InChI is InChI=1S/C20H16O6/c1-9(21)20(26)6-5-11-10(8-20)7-13-16(17(11)23)18(24)12-3-2-4-14(22)15(12)19(13)25/h2-4,7,22-23,26H,5-6,8H2,1H3. The Morgan fingerprint density at radius 2 is 1.77 bits per heavy atom. The second kappa shape index (κ2) is 5.25. The normalized spacial score (nSPS) is 21.0. The van der Waals surface area contributed by atoms with E-state index in [1.54, 1.807) is 0 Å². The minimum absolute atomic E-state index is 0.0203. The van der Waals surface area contributed by atoms with Gasteiger partial charge in [-0.1, -0.05) is 12.1 Å². The monoisotopic (exact) mass is 352 g/mol. The highest BCUT2D eigenvalue weighted by Gasteiger charge is 2.41. The third-order valence-electron chi connectivity index (χ3n) is 5.41. The van der Waals surface area contributed by atoms with Crippen molar-refractivity contribution in [2.24, 2.45) is 0 Å². The van der Waals surface area contributed by atoms with Crippen molar-refractivity contribution in [2.75, 3.05) is 0 Å².